The number of esters is 2. The SMILES string of the molecule is COC(=O)C1C(C)=NC(C)=C(C(=O)N[C@@H](C)C(=O)OC(C)(C)C)C1c1ccccc1Cl. The quantitative estimate of drug-likeness (QED) is 0.691. The van der Waals surface area contributed by atoms with E-state index in [9.17, 15) is 14.4 Å². The molecule has 3 atom stereocenters. The third-order valence-electron chi connectivity index (χ3n) is 4.88. The molecule has 0 saturated heterocycles. The minimum Gasteiger partial charge on any atom is -0.468 e. The maximum atomic E-state index is 13.3. The molecular weight excluding hydrogens is 420 g/mol. The van der Waals surface area contributed by atoms with Crippen molar-refractivity contribution < 1.29 is 23.9 Å². The number of rotatable bonds is 5. The zero-order valence-electron chi connectivity index (χ0n) is 18.9. The number of benzene rings is 1. The van der Waals surface area contributed by atoms with Gasteiger partial charge < -0.3 is 14.8 Å². The smallest absolute Gasteiger partial charge is 0.328 e. The van der Waals surface area contributed by atoms with Crippen molar-refractivity contribution in [3.05, 3.63) is 46.1 Å². The van der Waals surface area contributed by atoms with Crippen LogP contribution in [0.25, 0.3) is 0 Å². The molecule has 1 N–H and O–H groups in total. The van der Waals surface area contributed by atoms with Gasteiger partial charge in [-0.3, -0.25) is 14.6 Å². The Bertz CT molecular complexity index is 946. The van der Waals surface area contributed by atoms with E-state index in [1.165, 1.54) is 7.11 Å². The van der Waals surface area contributed by atoms with Gasteiger partial charge in [-0.05, 0) is 53.2 Å². The van der Waals surface area contributed by atoms with Crippen LogP contribution in [0.4, 0.5) is 0 Å². The molecule has 0 spiro atoms. The average molecular weight is 449 g/mol. The maximum Gasteiger partial charge on any atom is 0.328 e. The number of carbonyl (C=O) groups is 3. The number of nitrogens with one attached hydrogen (secondary N) is 1. The Balaban J connectivity index is 2.49. The van der Waals surface area contributed by atoms with E-state index >= 15 is 0 Å². The van der Waals surface area contributed by atoms with Gasteiger partial charge in [0.1, 0.15) is 17.6 Å². The summed E-state index contributed by atoms with van der Waals surface area (Å²) in [5.41, 5.74) is 1.13. The summed E-state index contributed by atoms with van der Waals surface area (Å²) in [6, 6.07) is 6.11. The number of hydrogen-bond donors (Lipinski definition) is 1. The van der Waals surface area contributed by atoms with Crippen molar-refractivity contribution >= 4 is 35.2 Å². The van der Waals surface area contributed by atoms with Crippen LogP contribution in [0, 0.1) is 5.92 Å². The summed E-state index contributed by atoms with van der Waals surface area (Å²) in [5.74, 6) is -3.15. The number of ether oxygens (including phenoxy) is 2. The summed E-state index contributed by atoms with van der Waals surface area (Å²) in [4.78, 5) is 42.8. The first-order valence-corrected chi connectivity index (χ1v) is 10.4. The predicted octanol–water partition coefficient (Wildman–Crippen LogP) is 3.81. The molecule has 0 fully saturated rings. The standard InChI is InChI=1S/C23H29ClN2O5/c1-12-17(20(27)26-14(3)21(28)31-23(4,5)6)19(15-10-8-9-11-16(15)24)18(13(2)25-12)22(29)30-7/h8-11,14,18-19H,1-7H3,(H,26,27)/t14-,18?,19?/m0/s1. The van der Waals surface area contributed by atoms with E-state index < -0.39 is 41.3 Å². The van der Waals surface area contributed by atoms with Crippen LogP contribution < -0.4 is 5.32 Å². The lowest BCUT2D eigenvalue weighted by Crippen LogP contribution is -2.45. The summed E-state index contributed by atoms with van der Waals surface area (Å²) in [5, 5.41) is 3.09. The van der Waals surface area contributed by atoms with Crippen LogP contribution in [0.3, 0.4) is 0 Å². The minimum atomic E-state index is -0.900. The minimum absolute atomic E-state index is 0.254. The van der Waals surface area contributed by atoms with Crippen molar-refractivity contribution in [3.8, 4) is 0 Å². The Morgan fingerprint density at radius 2 is 1.77 bits per heavy atom. The predicted molar refractivity (Wildman–Crippen MR) is 119 cm³/mol. The van der Waals surface area contributed by atoms with Crippen LogP contribution >= 0.6 is 11.6 Å². The molecule has 168 valence electrons. The lowest BCUT2D eigenvalue weighted by Gasteiger charge is -2.32. The van der Waals surface area contributed by atoms with Gasteiger partial charge in [0.2, 0.25) is 5.91 Å². The molecule has 0 aliphatic carbocycles. The van der Waals surface area contributed by atoms with Crippen LogP contribution in [0.15, 0.2) is 40.5 Å². The van der Waals surface area contributed by atoms with E-state index in [2.05, 4.69) is 10.3 Å². The highest BCUT2D eigenvalue weighted by molar-refractivity contribution is 6.31. The first-order valence-electron chi connectivity index (χ1n) is 9.99. The average Bonchev–Trinajstić information content (AvgIpc) is 2.65. The molecule has 1 aliphatic heterocycles. The molecule has 2 rings (SSSR count). The zero-order chi connectivity index (χ0) is 23.5. The fourth-order valence-corrected chi connectivity index (χ4v) is 3.81. The van der Waals surface area contributed by atoms with Gasteiger partial charge in [0.25, 0.3) is 0 Å². The molecule has 0 bridgehead atoms. The number of nitrogens with zero attached hydrogens (tertiary/aromatic N) is 1. The lowest BCUT2D eigenvalue weighted by atomic mass is 9.75. The fraction of sp³-hybridized carbons (Fsp3) is 0.478. The van der Waals surface area contributed by atoms with Crippen molar-refractivity contribution in [2.45, 2.75) is 59.1 Å². The summed E-state index contributed by atoms with van der Waals surface area (Å²) in [7, 11) is 1.29. The van der Waals surface area contributed by atoms with Gasteiger partial charge in [-0.15, -0.1) is 0 Å². The highest BCUT2D eigenvalue weighted by atomic mass is 35.5. The summed E-state index contributed by atoms with van der Waals surface area (Å²) in [6.45, 7) is 10.2. The van der Waals surface area contributed by atoms with Gasteiger partial charge in [0.05, 0.1) is 7.11 Å². The van der Waals surface area contributed by atoms with Gasteiger partial charge in [0, 0.05) is 27.9 Å². The van der Waals surface area contributed by atoms with E-state index in [0.717, 1.165) is 0 Å². The Kier molecular flexibility index (Phi) is 7.65. The number of methoxy groups -OCH3 is 1. The molecule has 7 nitrogen and oxygen atoms in total. The van der Waals surface area contributed by atoms with Crippen molar-refractivity contribution in [1.82, 2.24) is 5.32 Å². The van der Waals surface area contributed by atoms with E-state index in [1.54, 1.807) is 65.8 Å². The topological polar surface area (TPSA) is 94.1 Å². The fourth-order valence-electron chi connectivity index (χ4n) is 3.55. The van der Waals surface area contributed by atoms with E-state index in [4.69, 9.17) is 21.1 Å². The van der Waals surface area contributed by atoms with Crippen LogP contribution in [0.1, 0.15) is 53.0 Å². The van der Waals surface area contributed by atoms with Gasteiger partial charge in [-0.1, -0.05) is 29.8 Å². The molecule has 8 heteroatoms. The number of allylic oxidation sites excluding steroid dienone is 1. The van der Waals surface area contributed by atoms with Crippen LogP contribution in [-0.2, 0) is 23.9 Å². The zero-order valence-corrected chi connectivity index (χ0v) is 19.7. The largest absolute Gasteiger partial charge is 0.468 e. The number of halogens is 1. The number of hydrogen-bond acceptors (Lipinski definition) is 6. The molecule has 0 saturated carbocycles. The normalized spacial score (nSPS) is 19.9. The molecule has 1 aliphatic rings. The number of aliphatic imine (C=N–C) groups is 1. The molecule has 1 aromatic rings. The summed E-state index contributed by atoms with van der Waals surface area (Å²) >= 11 is 6.44. The Hall–Kier alpha value is -2.67. The molecular formula is C23H29ClN2O5. The third-order valence-corrected chi connectivity index (χ3v) is 5.22. The molecule has 0 radical (unpaired) electrons. The second-order valence-electron chi connectivity index (χ2n) is 8.48. The highest BCUT2D eigenvalue weighted by Gasteiger charge is 2.42. The second kappa shape index (κ2) is 9.64. The van der Waals surface area contributed by atoms with E-state index in [0.29, 0.717) is 22.0 Å². The molecule has 1 amide bonds. The van der Waals surface area contributed by atoms with Gasteiger partial charge in [0.15, 0.2) is 0 Å². The van der Waals surface area contributed by atoms with Crippen molar-refractivity contribution in [3.63, 3.8) is 0 Å². The van der Waals surface area contributed by atoms with Crippen molar-refractivity contribution in [1.29, 1.82) is 0 Å². The Labute approximate surface area is 187 Å². The molecule has 0 aromatic heterocycles. The van der Waals surface area contributed by atoms with E-state index in [-0.39, 0.29) is 5.57 Å². The monoisotopic (exact) mass is 448 g/mol. The number of amides is 1. The molecule has 1 heterocycles. The second-order valence-corrected chi connectivity index (χ2v) is 8.89. The lowest BCUT2D eigenvalue weighted by molar-refractivity contribution is -0.158. The van der Waals surface area contributed by atoms with Crippen LogP contribution in [-0.4, -0.2) is 42.3 Å². The third kappa shape index (κ3) is 5.73. The Morgan fingerprint density at radius 1 is 1.16 bits per heavy atom. The first kappa shape index (κ1) is 24.6. The number of carbonyl (C=O) groups excluding carboxylic acids is 3. The summed E-state index contributed by atoms with van der Waals surface area (Å²) in [6.07, 6.45) is 0. The van der Waals surface area contributed by atoms with Crippen molar-refractivity contribution in [2.24, 2.45) is 10.9 Å². The van der Waals surface area contributed by atoms with Gasteiger partial charge in [-0.25, -0.2) is 4.79 Å². The molecule has 2 unspecified atom stereocenters. The van der Waals surface area contributed by atoms with Gasteiger partial charge >= 0.3 is 11.9 Å². The molecule has 31 heavy (non-hydrogen) atoms. The maximum absolute atomic E-state index is 13.3. The Morgan fingerprint density at radius 3 is 2.32 bits per heavy atom. The van der Waals surface area contributed by atoms with Crippen LogP contribution in [0.2, 0.25) is 5.02 Å². The van der Waals surface area contributed by atoms with E-state index in [1.807, 2.05) is 0 Å². The summed E-state index contributed by atoms with van der Waals surface area (Å²) < 4.78 is 10.3. The highest BCUT2D eigenvalue weighted by Crippen LogP contribution is 2.42. The van der Waals surface area contributed by atoms with Gasteiger partial charge in [-0.2, -0.15) is 0 Å². The molecule has 1 aromatic carbocycles. The first-order chi connectivity index (χ1) is 14.4. The van der Waals surface area contributed by atoms with Crippen molar-refractivity contribution in [2.75, 3.05) is 7.11 Å². The van der Waals surface area contributed by atoms with Crippen LogP contribution in [0.5, 0.6) is 0 Å².